The molecule has 0 saturated heterocycles. The standard InChI is InChI=1S/C14H18N4OS/c1-4-7-15-12-11(6-5-8-16-12)13(19)18-14-17-9(2)10(3)20-14/h5-6,8H,4,7H2,1-3H3,(H,15,16)(H,17,18,19). The van der Waals surface area contributed by atoms with Crippen LogP contribution >= 0.6 is 11.3 Å². The summed E-state index contributed by atoms with van der Waals surface area (Å²) in [4.78, 5) is 21.9. The Labute approximate surface area is 122 Å². The highest BCUT2D eigenvalue weighted by Crippen LogP contribution is 2.22. The number of thiazole rings is 1. The highest BCUT2D eigenvalue weighted by atomic mass is 32.1. The van der Waals surface area contributed by atoms with Gasteiger partial charge in [-0.25, -0.2) is 9.97 Å². The molecule has 1 amide bonds. The summed E-state index contributed by atoms with van der Waals surface area (Å²) in [5, 5.41) is 6.60. The summed E-state index contributed by atoms with van der Waals surface area (Å²) < 4.78 is 0. The molecule has 106 valence electrons. The summed E-state index contributed by atoms with van der Waals surface area (Å²) in [6.45, 7) is 6.77. The van der Waals surface area contributed by atoms with E-state index in [-0.39, 0.29) is 5.91 Å². The van der Waals surface area contributed by atoms with Gasteiger partial charge in [0, 0.05) is 17.6 Å². The van der Waals surface area contributed by atoms with E-state index in [2.05, 4.69) is 27.5 Å². The van der Waals surface area contributed by atoms with Crippen LogP contribution in [0.4, 0.5) is 10.9 Å². The lowest BCUT2D eigenvalue weighted by Gasteiger charge is -2.09. The zero-order valence-corrected chi connectivity index (χ0v) is 12.7. The number of nitrogens with one attached hydrogen (secondary N) is 2. The average molecular weight is 290 g/mol. The van der Waals surface area contributed by atoms with E-state index in [0.29, 0.717) is 16.5 Å². The molecule has 2 aromatic rings. The van der Waals surface area contributed by atoms with E-state index in [4.69, 9.17) is 0 Å². The van der Waals surface area contributed by atoms with Crippen LogP contribution in [-0.2, 0) is 0 Å². The van der Waals surface area contributed by atoms with Crippen molar-refractivity contribution in [3.63, 3.8) is 0 Å². The Morgan fingerprint density at radius 1 is 1.40 bits per heavy atom. The minimum absolute atomic E-state index is 0.189. The lowest BCUT2D eigenvalue weighted by atomic mass is 10.2. The largest absolute Gasteiger partial charge is 0.369 e. The van der Waals surface area contributed by atoms with Gasteiger partial charge in [0.15, 0.2) is 5.13 Å². The Hall–Kier alpha value is -1.95. The third-order valence-corrected chi connectivity index (χ3v) is 3.83. The molecular formula is C14H18N4OS. The molecule has 2 aromatic heterocycles. The van der Waals surface area contributed by atoms with Crippen LogP contribution in [0.2, 0.25) is 0 Å². The second kappa shape index (κ2) is 6.47. The first-order chi connectivity index (χ1) is 9.61. The molecule has 0 aliphatic rings. The third-order valence-electron chi connectivity index (χ3n) is 2.84. The molecule has 6 heteroatoms. The molecule has 5 nitrogen and oxygen atoms in total. The smallest absolute Gasteiger partial charge is 0.261 e. The summed E-state index contributed by atoms with van der Waals surface area (Å²) in [7, 11) is 0. The fourth-order valence-corrected chi connectivity index (χ4v) is 2.47. The van der Waals surface area contributed by atoms with Crippen LogP contribution in [0.3, 0.4) is 0 Å². The van der Waals surface area contributed by atoms with Crippen LogP contribution in [0, 0.1) is 13.8 Å². The number of anilines is 2. The van der Waals surface area contributed by atoms with Gasteiger partial charge in [0.2, 0.25) is 0 Å². The molecule has 0 radical (unpaired) electrons. The fraction of sp³-hybridized carbons (Fsp3) is 0.357. The molecule has 20 heavy (non-hydrogen) atoms. The van der Waals surface area contributed by atoms with Crippen LogP contribution in [-0.4, -0.2) is 22.4 Å². The van der Waals surface area contributed by atoms with Gasteiger partial charge in [-0.05, 0) is 32.4 Å². The molecule has 0 atom stereocenters. The van der Waals surface area contributed by atoms with E-state index in [1.165, 1.54) is 11.3 Å². The number of carbonyl (C=O) groups excluding carboxylic acids is 1. The van der Waals surface area contributed by atoms with Gasteiger partial charge in [0.05, 0.1) is 11.3 Å². The molecule has 2 heterocycles. The van der Waals surface area contributed by atoms with Crippen molar-refractivity contribution in [1.29, 1.82) is 0 Å². The van der Waals surface area contributed by atoms with E-state index < -0.39 is 0 Å². The van der Waals surface area contributed by atoms with Gasteiger partial charge in [-0.2, -0.15) is 0 Å². The van der Waals surface area contributed by atoms with Crippen molar-refractivity contribution in [3.05, 3.63) is 34.5 Å². The summed E-state index contributed by atoms with van der Waals surface area (Å²) in [6, 6.07) is 3.51. The van der Waals surface area contributed by atoms with Crippen LogP contribution in [0.5, 0.6) is 0 Å². The van der Waals surface area contributed by atoms with E-state index in [1.54, 1.807) is 18.3 Å². The van der Waals surface area contributed by atoms with Gasteiger partial charge < -0.3 is 5.32 Å². The number of nitrogens with zero attached hydrogens (tertiary/aromatic N) is 2. The van der Waals surface area contributed by atoms with E-state index in [9.17, 15) is 4.79 Å². The maximum absolute atomic E-state index is 12.3. The predicted molar refractivity (Wildman–Crippen MR) is 82.6 cm³/mol. The summed E-state index contributed by atoms with van der Waals surface area (Å²) in [5.74, 6) is 0.419. The first kappa shape index (κ1) is 14.5. The van der Waals surface area contributed by atoms with Crippen LogP contribution in [0.15, 0.2) is 18.3 Å². The van der Waals surface area contributed by atoms with Gasteiger partial charge >= 0.3 is 0 Å². The molecule has 0 unspecified atom stereocenters. The minimum atomic E-state index is -0.189. The van der Waals surface area contributed by atoms with Crippen molar-refractivity contribution in [2.24, 2.45) is 0 Å². The van der Waals surface area contributed by atoms with Crippen molar-refractivity contribution in [1.82, 2.24) is 9.97 Å². The Bertz CT molecular complexity index is 589. The number of rotatable bonds is 5. The first-order valence-electron chi connectivity index (χ1n) is 6.56. The SMILES string of the molecule is CCCNc1ncccc1C(=O)Nc1nc(C)c(C)s1. The van der Waals surface area contributed by atoms with E-state index in [1.807, 2.05) is 13.8 Å². The predicted octanol–water partition coefficient (Wildman–Crippen LogP) is 3.23. The molecule has 0 fully saturated rings. The molecule has 2 rings (SSSR count). The van der Waals surface area contributed by atoms with Gasteiger partial charge in [-0.3, -0.25) is 10.1 Å². The quantitative estimate of drug-likeness (QED) is 0.887. The zero-order chi connectivity index (χ0) is 14.5. The number of aromatic nitrogens is 2. The normalized spacial score (nSPS) is 10.3. The second-order valence-corrected chi connectivity index (χ2v) is 5.64. The number of hydrogen-bond donors (Lipinski definition) is 2. The minimum Gasteiger partial charge on any atom is -0.369 e. The van der Waals surface area contributed by atoms with E-state index >= 15 is 0 Å². The molecule has 0 aliphatic heterocycles. The molecule has 0 saturated carbocycles. The van der Waals surface area contributed by atoms with Crippen molar-refractivity contribution in [3.8, 4) is 0 Å². The lowest BCUT2D eigenvalue weighted by Crippen LogP contribution is -2.16. The molecule has 0 bridgehead atoms. The summed E-state index contributed by atoms with van der Waals surface area (Å²) in [6.07, 6.45) is 2.65. The Balaban J connectivity index is 2.16. The second-order valence-electron chi connectivity index (χ2n) is 4.44. The number of pyridine rings is 1. The van der Waals surface area contributed by atoms with Crippen molar-refractivity contribution in [2.45, 2.75) is 27.2 Å². The topological polar surface area (TPSA) is 66.9 Å². The molecule has 0 spiro atoms. The maximum atomic E-state index is 12.3. The number of carbonyl (C=O) groups is 1. The molecule has 0 aliphatic carbocycles. The van der Waals surface area contributed by atoms with Gasteiger partial charge in [-0.15, -0.1) is 11.3 Å². The molecule has 2 N–H and O–H groups in total. The van der Waals surface area contributed by atoms with Crippen LogP contribution in [0.25, 0.3) is 0 Å². The summed E-state index contributed by atoms with van der Waals surface area (Å²) in [5.41, 5.74) is 1.48. The number of amides is 1. The highest BCUT2D eigenvalue weighted by molar-refractivity contribution is 7.15. The first-order valence-corrected chi connectivity index (χ1v) is 7.37. The monoisotopic (exact) mass is 290 g/mol. The van der Waals surface area contributed by atoms with Gasteiger partial charge in [-0.1, -0.05) is 6.92 Å². The highest BCUT2D eigenvalue weighted by Gasteiger charge is 2.14. The average Bonchev–Trinajstić information content (AvgIpc) is 2.75. The lowest BCUT2D eigenvalue weighted by molar-refractivity contribution is 0.102. The zero-order valence-electron chi connectivity index (χ0n) is 11.9. The Kier molecular flexibility index (Phi) is 4.68. The van der Waals surface area contributed by atoms with Gasteiger partial charge in [0.1, 0.15) is 5.82 Å². The van der Waals surface area contributed by atoms with E-state index in [0.717, 1.165) is 23.5 Å². The van der Waals surface area contributed by atoms with Crippen molar-refractivity contribution >= 4 is 28.2 Å². The Morgan fingerprint density at radius 2 is 2.20 bits per heavy atom. The Morgan fingerprint density at radius 3 is 2.85 bits per heavy atom. The van der Waals surface area contributed by atoms with Gasteiger partial charge in [0.25, 0.3) is 5.91 Å². The third kappa shape index (κ3) is 3.33. The van der Waals surface area contributed by atoms with Crippen LogP contribution < -0.4 is 10.6 Å². The number of hydrogen-bond acceptors (Lipinski definition) is 5. The number of aryl methyl sites for hydroxylation is 2. The van der Waals surface area contributed by atoms with Crippen LogP contribution in [0.1, 0.15) is 34.3 Å². The van der Waals surface area contributed by atoms with Crippen molar-refractivity contribution in [2.75, 3.05) is 17.2 Å². The maximum Gasteiger partial charge on any atom is 0.261 e. The fourth-order valence-electron chi connectivity index (χ4n) is 1.66. The van der Waals surface area contributed by atoms with Crippen molar-refractivity contribution < 1.29 is 4.79 Å². The molecular weight excluding hydrogens is 272 g/mol. The summed E-state index contributed by atoms with van der Waals surface area (Å²) >= 11 is 1.48. The molecule has 0 aromatic carbocycles.